The quantitative estimate of drug-likeness (QED) is 0.825. The second-order valence-electron chi connectivity index (χ2n) is 4.50. The molecule has 92 valence electrons. The molecule has 0 radical (unpaired) electrons. The number of hydrogen-bond donors (Lipinski definition) is 2. The summed E-state index contributed by atoms with van der Waals surface area (Å²) in [5.41, 5.74) is 1.12. The largest absolute Gasteiger partial charge is 0.326 e. The lowest BCUT2D eigenvalue weighted by molar-refractivity contribution is -0.120. The number of carbonyl (C=O) groups is 1. The van der Waals surface area contributed by atoms with Gasteiger partial charge in [0.25, 0.3) is 0 Å². The summed E-state index contributed by atoms with van der Waals surface area (Å²) in [6, 6.07) is 4.76. The minimum absolute atomic E-state index is 0.00638. The number of halogens is 1. The van der Waals surface area contributed by atoms with Crippen molar-refractivity contribution in [3.8, 4) is 0 Å². The van der Waals surface area contributed by atoms with Crippen LogP contribution in [-0.4, -0.2) is 19.0 Å². The van der Waals surface area contributed by atoms with Gasteiger partial charge in [-0.25, -0.2) is 4.39 Å². The van der Waals surface area contributed by atoms with Crippen LogP contribution in [0.25, 0.3) is 0 Å². The van der Waals surface area contributed by atoms with Crippen LogP contribution in [0.3, 0.4) is 0 Å². The number of hydrogen-bond acceptors (Lipinski definition) is 2. The van der Waals surface area contributed by atoms with E-state index in [1.807, 2.05) is 0 Å². The van der Waals surface area contributed by atoms with Gasteiger partial charge in [0, 0.05) is 12.2 Å². The normalized spacial score (nSPS) is 20.0. The van der Waals surface area contributed by atoms with Crippen molar-refractivity contribution >= 4 is 11.6 Å². The number of amides is 1. The number of benzene rings is 1. The first-order chi connectivity index (χ1) is 8.16. The van der Waals surface area contributed by atoms with E-state index < -0.39 is 0 Å². The molecule has 1 atom stereocenters. The first kappa shape index (κ1) is 12.0. The fourth-order valence-electron chi connectivity index (χ4n) is 1.99. The van der Waals surface area contributed by atoms with Crippen LogP contribution in [0.15, 0.2) is 18.2 Å². The number of rotatable bonds is 2. The summed E-state index contributed by atoms with van der Waals surface area (Å²) >= 11 is 0. The third-order valence-corrected chi connectivity index (χ3v) is 3.11. The van der Waals surface area contributed by atoms with E-state index in [0.29, 0.717) is 17.8 Å². The second kappa shape index (κ2) is 5.27. The van der Waals surface area contributed by atoms with E-state index in [2.05, 4.69) is 10.6 Å². The summed E-state index contributed by atoms with van der Waals surface area (Å²) in [5, 5.41) is 5.95. The van der Waals surface area contributed by atoms with Crippen molar-refractivity contribution in [3.63, 3.8) is 0 Å². The monoisotopic (exact) mass is 236 g/mol. The maximum absolute atomic E-state index is 13.3. The zero-order valence-electron chi connectivity index (χ0n) is 9.92. The van der Waals surface area contributed by atoms with Crippen LogP contribution in [0.2, 0.25) is 0 Å². The van der Waals surface area contributed by atoms with Crippen LogP contribution in [-0.2, 0) is 4.79 Å². The lowest BCUT2D eigenvalue weighted by Gasteiger charge is -2.21. The fourth-order valence-corrected chi connectivity index (χ4v) is 1.99. The standard InChI is InChI=1S/C13H17FN2O/c1-9-4-5-11(7-12(9)14)16-13(17)10-3-2-6-15-8-10/h4-5,7,10,15H,2-3,6,8H2,1H3,(H,16,17)/t10-/m0/s1. The van der Waals surface area contributed by atoms with Gasteiger partial charge < -0.3 is 10.6 Å². The maximum atomic E-state index is 13.3. The van der Waals surface area contributed by atoms with Crippen molar-refractivity contribution in [1.29, 1.82) is 0 Å². The predicted molar refractivity (Wildman–Crippen MR) is 65.4 cm³/mol. The van der Waals surface area contributed by atoms with Crippen LogP contribution < -0.4 is 10.6 Å². The van der Waals surface area contributed by atoms with Crippen LogP contribution in [0.4, 0.5) is 10.1 Å². The molecule has 1 heterocycles. The smallest absolute Gasteiger partial charge is 0.228 e. The van der Waals surface area contributed by atoms with Gasteiger partial charge in [0.1, 0.15) is 5.82 Å². The second-order valence-corrected chi connectivity index (χ2v) is 4.50. The van der Waals surface area contributed by atoms with Gasteiger partial charge in [-0.05, 0) is 44.0 Å². The summed E-state index contributed by atoms with van der Waals surface area (Å²) in [6.45, 7) is 3.38. The Labute approximate surface area is 100 Å². The van der Waals surface area contributed by atoms with Crippen molar-refractivity contribution in [2.45, 2.75) is 19.8 Å². The van der Waals surface area contributed by atoms with Crippen molar-refractivity contribution in [3.05, 3.63) is 29.6 Å². The van der Waals surface area contributed by atoms with E-state index in [4.69, 9.17) is 0 Å². The molecule has 3 nitrogen and oxygen atoms in total. The third-order valence-electron chi connectivity index (χ3n) is 3.11. The molecule has 0 aliphatic carbocycles. The Morgan fingerprint density at radius 3 is 3.00 bits per heavy atom. The Morgan fingerprint density at radius 2 is 2.35 bits per heavy atom. The molecule has 1 fully saturated rings. The minimum atomic E-state index is -0.287. The molecule has 1 aliphatic heterocycles. The average Bonchev–Trinajstić information content (AvgIpc) is 2.35. The SMILES string of the molecule is Cc1ccc(NC(=O)[C@H]2CCCNC2)cc1F. The Hall–Kier alpha value is -1.42. The van der Waals surface area contributed by atoms with Gasteiger partial charge in [-0.1, -0.05) is 6.07 Å². The van der Waals surface area contributed by atoms with Gasteiger partial charge in [0.2, 0.25) is 5.91 Å². The number of piperidine rings is 1. The van der Waals surface area contributed by atoms with Gasteiger partial charge in [0.15, 0.2) is 0 Å². The molecule has 0 unspecified atom stereocenters. The predicted octanol–water partition coefficient (Wildman–Crippen LogP) is 2.07. The van der Waals surface area contributed by atoms with Gasteiger partial charge in [-0.3, -0.25) is 4.79 Å². The topological polar surface area (TPSA) is 41.1 Å². The molecule has 1 amide bonds. The van der Waals surface area contributed by atoms with Crippen molar-refractivity contribution < 1.29 is 9.18 Å². The molecule has 17 heavy (non-hydrogen) atoms. The molecule has 0 aromatic heterocycles. The van der Waals surface area contributed by atoms with Gasteiger partial charge in [-0.15, -0.1) is 0 Å². The zero-order chi connectivity index (χ0) is 12.3. The molecular weight excluding hydrogens is 219 g/mol. The average molecular weight is 236 g/mol. The van der Waals surface area contributed by atoms with Crippen LogP contribution in [0.1, 0.15) is 18.4 Å². The molecular formula is C13H17FN2O. The van der Waals surface area contributed by atoms with Gasteiger partial charge in [0.05, 0.1) is 5.92 Å². The van der Waals surface area contributed by atoms with E-state index in [1.54, 1.807) is 19.1 Å². The molecule has 1 aromatic rings. The number of nitrogens with one attached hydrogen (secondary N) is 2. The highest BCUT2D eigenvalue weighted by Crippen LogP contribution is 2.16. The van der Waals surface area contributed by atoms with Gasteiger partial charge in [-0.2, -0.15) is 0 Å². The minimum Gasteiger partial charge on any atom is -0.326 e. The summed E-state index contributed by atoms with van der Waals surface area (Å²) in [6.07, 6.45) is 1.91. The summed E-state index contributed by atoms with van der Waals surface area (Å²) in [7, 11) is 0. The summed E-state index contributed by atoms with van der Waals surface area (Å²) in [5.74, 6) is -0.321. The van der Waals surface area contributed by atoms with Crippen molar-refractivity contribution in [2.24, 2.45) is 5.92 Å². The number of anilines is 1. The molecule has 1 aliphatic rings. The molecule has 4 heteroatoms. The Kier molecular flexibility index (Phi) is 3.74. The first-order valence-electron chi connectivity index (χ1n) is 5.94. The Morgan fingerprint density at radius 1 is 1.53 bits per heavy atom. The van der Waals surface area contributed by atoms with Crippen LogP contribution in [0.5, 0.6) is 0 Å². The number of carbonyl (C=O) groups excluding carboxylic acids is 1. The molecule has 1 aromatic carbocycles. The Bertz CT molecular complexity index is 414. The van der Waals surface area contributed by atoms with Crippen LogP contribution in [0, 0.1) is 18.7 Å². The van der Waals surface area contributed by atoms with E-state index in [9.17, 15) is 9.18 Å². The maximum Gasteiger partial charge on any atom is 0.228 e. The molecule has 2 rings (SSSR count). The van der Waals surface area contributed by atoms with Gasteiger partial charge >= 0.3 is 0 Å². The fraction of sp³-hybridized carbons (Fsp3) is 0.462. The Balaban J connectivity index is 1.99. The van der Waals surface area contributed by atoms with E-state index in [1.165, 1.54) is 6.07 Å². The molecule has 2 N–H and O–H groups in total. The van der Waals surface area contributed by atoms with E-state index in [0.717, 1.165) is 19.4 Å². The number of aryl methyl sites for hydroxylation is 1. The molecule has 0 bridgehead atoms. The molecule has 0 spiro atoms. The lowest BCUT2D eigenvalue weighted by atomic mass is 9.99. The highest BCUT2D eigenvalue weighted by Gasteiger charge is 2.20. The zero-order valence-corrected chi connectivity index (χ0v) is 9.92. The van der Waals surface area contributed by atoms with Crippen molar-refractivity contribution in [2.75, 3.05) is 18.4 Å². The van der Waals surface area contributed by atoms with E-state index >= 15 is 0 Å². The van der Waals surface area contributed by atoms with Crippen molar-refractivity contribution in [1.82, 2.24) is 5.32 Å². The van der Waals surface area contributed by atoms with Crippen LogP contribution >= 0.6 is 0 Å². The molecule has 0 saturated carbocycles. The highest BCUT2D eigenvalue weighted by molar-refractivity contribution is 5.92. The third kappa shape index (κ3) is 3.03. The molecule has 1 saturated heterocycles. The first-order valence-corrected chi connectivity index (χ1v) is 5.94. The highest BCUT2D eigenvalue weighted by atomic mass is 19.1. The lowest BCUT2D eigenvalue weighted by Crippen LogP contribution is -2.37. The summed E-state index contributed by atoms with van der Waals surface area (Å²) in [4.78, 5) is 11.9. The van der Waals surface area contributed by atoms with E-state index in [-0.39, 0.29) is 17.6 Å². The summed E-state index contributed by atoms with van der Waals surface area (Å²) < 4.78 is 13.3.